The van der Waals surface area contributed by atoms with Crippen LogP contribution in [0.1, 0.15) is 37.4 Å². The van der Waals surface area contributed by atoms with Gasteiger partial charge in [-0.25, -0.2) is 0 Å². The number of nitrogens with one attached hydrogen (secondary N) is 1. The highest BCUT2D eigenvalue weighted by molar-refractivity contribution is 5.78. The van der Waals surface area contributed by atoms with Crippen LogP contribution in [0.2, 0.25) is 0 Å². The zero-order chi connectivity index (χ0) is 17.4. The van der Waals surface area contributed by atoms with Gasteiger partial charge in [-0.05, 0) is 30.5 Å². The molecule has 1 atom stereocenters. The lowest BCUT2D eigenvalue weighted by Crippen LogP contribution is -2.37. The van der Waals surface area contributed by atoms with Crippen LogP contribution in [-0.4, -0.2) is 24.4 Å². The minimum Gasteiger partial charge on any atom is -0.348 e. The van der Waals surface area contributed by atoms with Crippen molar-refractivity contribution in [1.82, 2.24) is 10.2 Å². The summed E-state index contributed by atoms with van der Waals surface area (Å²) >= 11 is 0. The van der Waals surface area contributed by atoms with E-state index in [2.05, 4.69) is 43.4 Å². The fourth-order valence-electron chi connectivity index (χ4n) is 2.87. The van der Waals surface area contributed by atoms with Gasteiger partial charge in [-0.15, -0.1) is 0 Å². The van der Waals surface area contributed by atoms with Crippen molar-refractivity contribution in [1.29, 1.82) is 0 Å². The van der Waals surface area contributed by atoms with E-state index in [9.17, 15) is 4.79 Å². The summed E-state index contributed by atoms with van der Waals surface area (Å²) in [7, 11) is 1.98. The third kappa shape index (κ3) is 6.17. The van der Waals surface area contributed by atoms with Crippen molar-refractivity contribution in [2.75, 3.05) is 13.6 Å². The van der Waals surface area contributed by atoms with Crippen LogP contribution in [0, 0.1) is 5.92 Å². The largest absolute Gasteiger partial charge is 0.348 e. The number of likely N-dealkylation sites (N-methyl/N-ethyl adjacent to an activating group) is 1. The summed E-state index contributed by atoms with van der Waals surface area (Å²) in [4.78, 5) is 14.5. The topological polar surface area (TPSA) is 32.3 Å². The van der Waals surface area contributed by atoms with Crippen LogP contribution in [0.15, 0.2) is 60.7 Å². The molecule has 1 unspecified atom stereocenters. The average Bonchev–Trinajstić information content (AvgIpc) is 2.55. The number of amides is 1. The summed E-state index contributed by atoms with van der Waals surface area (Å²) in [6.07, 6.45) is 0.943. The number of hydrogen-bond acceptors (Lipinski definition) is 2. The first-order valence-electron chi connectivity index (χ1n) is 8.61. The van der Waals surface area contributed by atoms with Gasteiger partial charge in [0.15, 0.2) is 0 Å². The summed E-state index contributed by atoms with van der Waals surface area (Å²) in [5.41, 5.74) is 2.39. The maximum atomic E-state index is 12.5. The van der Waals surface area contributed by atoms with E-state index < -0.39 is 0 Å². The molecule has 0 bridgehead atoms. The summed E-state index contributed by atoms with van der Waals surface area (Å²) in [6.45, 7) is 5.54. The quantitative estimate of drug-likeness (QED) is 0.795. The van der Waals surface area contributed by atoms with Gasteiger partial charge in [0, 0.05) is 6.54 Å². The molecule has 3 heteroatoms. The van der Waals surface area contributed by atoms with Gasteiger partial charge in [0.05, 0.1) is 12.6 Å². The van der Waals surface area contributed by atoms with Crippen LogP contribution in [-0.2, 0) is 11.3 Å². The van der Waals surface area contributed by atoms with Crippen molar-refractivity contribution in [2.24, 2.45) is 5.92 Å². The Kier molecular flexibility index (Phi) is 7.01. The number of carbonyl (C=O) groups excluding carboxylic acids is 1. The van der Waals surface area contributed by atoms with Gasteiger partial charge in [0.2, 0.25) is 5.91 Å². The summed E-state index contributed by atoms with van der Waals surface area (Å²) in [5, 5.41) is 3.20. The molecule has 0 aliphatic carbocycles. The van der Waals surface area contributed by atoms with Crippen LogP contribution in [0.5, 0.6) is 0 Å². The van der Waals surface area contributed by atoms with Gasteiger partial charge >= 0.3 is 0 Å². The van der Waals surface area contributed by atoms with Gasteiger partial charge in [-0.1, -0.05) is 74.5 Å². The molecule has 0 heterocycles. The lowest BCUT2D eigenvalue weighted by atomic mass is 9.97. The first kappa shape index (κ1) is 18.2. The van der Waals surface area contributed by atoms with E-state index in [1.54, 1.807) is 0 Å². The van der Waals surface area contributed by atoms with Crippen molar-refractivity contribution in [3.05, 3.63) is 71.8 Å². The Bertz CT molecular complexity index is 610. The molecular weight excluding hydrogens is 296 g/mol. The Morgan fingerprint density at radius 1 is 1.00 bits per heavy atom. The normalized spacial score (nSPS) is 12.4. The highest BCUT2D eigenvalue weighted by Gasteiger charge is 2.17. The van der Waals surface area contributed by atoms with Crippen LogP contribution < -0.4 is 5.32 Å². The molecule has 24 heavy (non-hydrogen) atoms. The number of rotatable bonds is 8. The highest BCUT2D eigenvalue weighted by atomic mass is 16.2. The molecule has 0 aliphatic rings. The SMILES string of the molecule is CC(C)CC(NC(=O)CN(C)Cc1ccccc1)c1ccccc1. The molecule has 1 N–H and O–H groups in total. The van der Waals surface area contributed by atoms with Crippen molar-refractivity contribution in [2.45, 2.75) is 32.9 Å². The third-order valence-electron chi connectivity index (χ3n) is 3.95. The van der Waals surface area contributed by atoms with Crippen LogP contribution in [0.25, 0.3) is 0 Å². The molecule has 0 aromatic heterocycles. The van der Waals surface area contributed by atoms with E-state index in [0.717, 1.165) is 13.0 Å². The molecule has 1 amide bonds. The van der Waals surface area contributed by atoms with Gasteiger partial charge in [0.25, 0.3) is 0 Å². The molecule has 2 aromatic carbocycles. The van der Waals surface area contributed by atoms with Crippen LogP contribution >= 0.6 is 0 Å². The van der Waals surface area contributed by atoms with Crippen molar-refractivity contribution in [3.63, 3.8) is 0 Å². The summed E-state index contributed by atoms with van der Waals surface area (Å²) < 4.78 is 0. The number of benzene rings is 2. The summed E-state index contributed by atoms with van der Waals surface area (Å²) in [6, 6.07) is 20.5. The number of hydrogen-bond donors (Lipinski definition) is 1. The fraction of sp³-hybridized carbons (Fsp3) is 0.381. The maximum Gasteiger partial charge on any atom is 0.234 e. The van der Waals surface area contributed by atoms with E-state index in [-0.39, 0.29) is 11.9 Å². The highest BCUT2D eigenvalue weighted by Crippen LogP contribution is 2.21. The predicted molar refractivity (Wildman–Crippen MR) is 99.6 cm³/mol. The zero-order valence-electron chi connectivity index (χ0n) is 14.9. The molecule has 3 nitrogen and oxygen atoms in total. The number of carbonyl (C=O) groups is 1. The Morgan fingerprint density at radius 2 is 1.58 bits per heavy atom. The Morgan fingerprint density at radius 3 is 2.17 bits per heavy atom. The molecule has 0 spiro atoms. The second-order valence-electron chi connectivity index (χ2n) is 6.82. The molecule has 0 fully saturated rings. The monoisotopic (exact) mass is 324 g/mol. The Balaban J connectivity index is 1.92. The van der Waals surface area contributed by atoms with Crippen molar-refractivity contribution < 1.29 is 4.79 Å². The zero-order valence-corrected chi connectivity index (χ0v) is 14.9. The van der Waals surface area contributed by atoms with E-state index in [4.69, 9.17) is 0 Å². The first-order valence-corrected chi connectivity index (χ1v) is 8.61. The summed E-state index contributed by atoms with van der Waals surface area (Å²) in [5.74, 6) is 0.598. The van der Waals surface area contributed by atoms with E-state index >= 15 is 0 Å². The minimum atomic E-state index is 0.0722. The number of nitrogens with zero attached hydrogens (tertiary/aromatic N) is 1. The molecule has 0 saturated carbocycles. The smallest absolute Gasteiger partial charge is 0.234 e. The molecule has 0 aliphatic heterocycles. The van der Waals surface area contributed by atoms with Crippen molar-refractivity contribution in [3.8, 4) is 0 Å². The van der Waals surface area contributed by atoms with Gasteiger partial charge in [0.1, 0.15) is 0 Å². The second kappa shape index (κ2) is 9.24. The van der Waals surface area contributed by atoms with E-state index in [1.807, 2.05) is 48.3 Å². The lowest BCUT2D eigenvalue weighted by Gasteiger charge is -2.23. The predicted octanol–water partition coefficient (Wildman–Crippen LogP) is 4.02. The van der Waals surface area contributed by atoms with Crippen LogP contribution in [0.3, 0.4) is 0 Å². The molecule has 2 rings (SSSR count). The standard InChI is InChI=1S/C21H28N2O/c1-17(2)14-20(19-12-8-5-9-13-19)22-21(24)16-23(3)15-18-10-6-4-7-11-18/h4-13,17,20H,14-16H2,1-3H3,(H,22,24). The van der Waals surface area contributed by atoms with Gasteiger partial charge < -0.3 is 5.32 Å². The lowest BCUT2D eigenvalue weighted by molar-refractivity contribution is -0.122. The Labute approximate surface area is 145 Å². The van der Waals surface area contributed by atoms with Gasteiger partial charge in [-0.3, -0.25) is 9.69 Å². The van der Waals surface area contributed by atoms with Gasteiger partial charge in [-0.2, -0.15) is 0 Å². The molecule has 2 aromatic rings. The fourth-order valence-corrected chi connectivity index (χ4v) is 2.87. The molecule has 128 valence electrons. The molecular formula is C21H28N2O. The van der Waals surface area contributed by atoms with Crippen molar-refractivity contribution >= 4 is 5.91 Å². The van der Waals surface area contributed by atoms with E-state index in [0.29, 0.717) is 12.5 Å². The average molecular weight is 324 g/mol. The second-order valence-corrected chi connectivity index (χ2v) is 6.82. The van der Waals surface area contributed by atoms with E-state index in [1.165, 1.54) is 11.1 Å². The third-order valence-corrected chi connectivity index (χ3v) is 3.95. The Hall–Kier alpha value is -2.13. The first-order chi connectivity index (χ1) is 11.5. The van der Waals surface area contributed by atoms with Crippen LogP contribution in [0.4, 0.5) is 0 Å². The maximum absolute atomic E-state index is 12.5. The molecule has 0 saturated heterocycles. The molecule has 0 radical (unpaired) electrons. The minimum absolute atomic E-state index is 0.0722.